The van der Waals surface area contributed by atoms with Crippen molar-refractivity contribution in [3.63, 3.8) is 0 Å². The number of hydrogen-bond acceptors (Lipinski definition) is 3. The molecular weight excluding hydrogens is 282 g/mol. The maximum atomic E-state index is 6.23. The second-order valence-electron chi connectivity index (χ2n) is 5.81. The van der Waals surface area contributed by atoms with E-state index in [4.69, 9.17) is 11.6 Å². The van der Waals surface area contributed by atoms with Crippen LogP contribution in [0.5, 0.6) is 0 Å². The summed E-state index contributed by atoms with van der Waals surface area (Å²) < 4.78 is 0. The molecule has 1 aliphatic carbocycles. The minimum absolute atomic E-state index is 0.420. The van der Waals surface area contributed by atoms with Gasteiger partial charge in [0.2, 0.25) is 0 Å². The summed E-state index contributed by atoms with van der Waals surface area (Å²) in [6, 6.07) is 10.5. The zero-order chi connectivity index (χ0) is 14.8. The van der Waals surface area contributed by atoms with E-state index >= 15 is 0 Å². The fourth-order valence-electron chi connectivity index (χ4n) is 2.35. The van der Waals surface area contributed by atoms with E-state index in [1.807, 2.05) is 13.0 Å². The normalized spacial score (nSPS) is 15.8. The Labute approximate surface area is 130 Å². The van der Waals surface area contributed by atoms with Crippen molar-refractivity contribution >= 4 is 17.4 Å². The number of anilines is 1. The van der Waals surface area contributed by atoms with Gasteiger partial charge in [0.1, 0.15) is 16.8 Å². The van der Waals surface area contributed by atoms with Crippen LogP contribution in [0.2, 0.25) is 5.15 Å². The van der Waals surface area contributed by atoms with Gasteiger partial charge in [-0.1, -0.05) is 48.9 Å². The van der Waals surface area contributed by atoms with Crippen LogP contribution in [0, 0.1) is 6.92 Å². The van der Waals surface area contributed by atoms with Gasteiger partial charge in [0, 0.05) is 18.0 Å². The fourth-order valence-corrected chi connectivity index (χ4v) is 2.53. The molecule has 0 aliphatic heterocycles. The fraction of sp³-hybridized carbons (Fsp3) is 0.412. The summed E-state index contributed by atoms with van der Waals surface area (Å²) in [5, 5.41) is 4.01. The van der Waals surface area contributed by atoms with E-state index in [2.05, 4.69) is 46.5 Å². The summed E-state index contributed by atoms with van der Waals surface area (Å²) in [6.07, 6.45) is 2.36. The molecule has 1 atom stereocenters. The van der Waals surface area contributed by atoms with E-state index in [-0.39, 0.29) is 0 Å². The third-order valence-corrected chi connectivity index (χ3v) is 4.36. The molecule has 2 aromatic rings. The van der Waals surface area contributed by atoms with Gasteiger partial charge in [-0.15, -0.1) is 0 Å². The Kier molecular flexibility index (Phi) is 4.11. The molecule has 21 heavy (non-hydrogen) atoms. The maximum absolute atomic E-state index is 6.23. The Morgan fingerprint density at radius 3 is 2.62 bits per heavy atom. The van der Waals surface area contributed by atoms with Crippen molar-refractivity contribution in [3.8, 4) is 0 Å². The van der Waals surface area contributed by atoms with Gasteiger partial charge in [-0.25, -0.2) is 9.97 Å². The molecule has 1 fully saturated rings. The zero-order valence-corrected chi connectivity index (χ0v) is 13.2. The summed E-state index contributed by atoms with van der Waals surface area (Å²) in [5.41, 5.74) is 2.26. The average Bonchev–Trinajstić information content (AvgIpc) is 3.34. The number of hydrogen-bond donors (Lipinski definition) is 1. The molecule has 4 heteroatoms. The molecule has 0 saturated heterocycles. The van der Waals surface area contributed by atoms with E-state index < -0.39 is 0 Å². The first kappa shape index (κ1) is 14.3. The number of benzene rings is 1. The van der Waals surface area contributed by atoms with Gasteiger partial charge in [-0.3, -0.25) is 0 Å². The molecular formula is C17H20ClN3. The highest BCUT2D eigenvalue weighted by molar-refractivity contribution is 6.30. The van der Waals surface area contributed by atoms with Crippen LogP contribution in [0.1, 0.15) is 48.6 Å². The van der Waals surface area contributed by atoms with Crippen molar-refractivity contribution in [2.75, 3.05) is 11.9 Å². The second-order valence-corrected chi connectivity index (χ2v) is 6.17. The number of nitrogens with zero attached hydrogens (tertiary/aromatic N) is 2. The van der Waals surface area contributed by atoms with Crippen molar-refractivity contribution in [2.45, 2.75) is 38.5 Å². The minimum Gasteiger partial charge on any atom is -0.369 e. The first-order chi connectivity index (χ1) is 10.1. The molecule has 110 valence electrons. The number of rotatable bonds is 5. The molecule has 1 N–H and O–H groups in total. The Morgan fingerprint density at radius 2 is 1.95 bits per heavy atom. The lowest BCUT2D eigenvalue weighted by Crippen LogP contribution is -2.13. The van der Waals surface area contributed by atoms with Gasteiger partial charge in [0.05, 0.1) is 0 Å². The Balaban J connectivity index is 1.72. The predicted octanol–water partition coefficient (Wildman–Crippen LogP) is 4.53. The number of halogens is 1. The van der Waals surface area contributed by atoms with Crippen LogP contribution in [0.25, 0.3) is 0 Å². The van der Waals surface area contributed by atoms with Gasteiger partial charge in [0.15, 0.2) is 0 Å². The van der Waals surface area contributed by atoms with Crippen molar-refractivity contribution in [1.29, 1.82) is 0 Å². The molecule has 1 heterocycles. The quantitative estimate of drug-likeness (QED) is 0.824. The maximum Gasteiger partial charge on any atom is 0.137 e. The lowest BCUT2D eigenvalue weighted by molar-refractivity contribution is 0.795. The Morgan fingerprint density at radius 1 is 1.24 bits per heavy atom. The van der Waals surface area contributed by atoms with Gasteiger partial charge in [-0.05, 0) is 31.2 Å². The topological polar surface area (TPSA) is 37.8 Å². The average molecular weight is 302 g/mol. The molecule has 0 bridgehead atoms. The van der Waals surface area contributed by atoms with Gasteiger partial charge in [0.25, 0.3) is 0 Å². The SMILES string of the molecule is Cc1c(Cl)nc(C2CC2)nc1NCC(C)c1ccccc1. The zero-order valence-electron chi connectivity index (χ0n) is 12.4. The number of aromatic nitrogens is 2. The molecule has 1 unspecified atom stereocenters. The molecule has 1 aliphatic rings. The predicted molar refractivity (Wildman–Crippen MR) is 87.1 cm³/mol. The lowest BCUT2D eigenvalue weighted by atomic mass is 10.0. The number of nitrogens with one attached hydrogen (secondary N) is 1. The van der Waals surface area contributed by atoms with Gasteiger partial charge in [-0.2, -0.15) is 0 Å². The van der Waals surface area contributed by atoms with Crippen molar-refractivity contribution in [1.82, 2.24) is 9.97 Å². The molecule has 1 aromatic carbocycles. The van der Waals surface area contributed by atoms with Gasteiger partial charge < -0.3 is 5.32 Å². The lowest BCUT2D eigenvalue weighted by Gasteiger charge is -2.16. The molecule has 0 amide bonds. The Bertz CT molecular complexity index is 623. The monoisotopic (exact) mass is 301 g/mol. The van der Waals surface area contributed by atoms with E-state index in [0.29, 0.717) is 17.0 Å². The molecule has 1 aromatic heterocycles. The van der Waals surface area contributed by atoms with E-state index in [1.54, 1.807) is 0 Å². The molecule has 0 spiro atoms. The first-order valence-electron chi connectivity index (χ1n) is 7.48. The molecule has 3 rings (SSSR count). The van der Waals surface area contributed by atoms with Crippen LogP contribution < -0.4 is 5.32 Å². The highest BCUT2D eigenvalue weighted by Gasteiger charge is 2.28. The van der Waals surface area contributed by atoms with Gasteiger partial charge >= 0.3 is 0 Å². The van der Waals surface area contributed by atoms with Crippen molar-refractivity contribution in [3.05, 3.63) is 52.4 Å². The van der Waals surface area contributed by atoms with Crippen LogP contribution in [-0.4, -0.2) is 16.5 Å². The first-order valence-corrected chi connectivity index (χ1v) is 7.86. The molecule has 3 nitrogen and oxygen atoms in total. The smallest absolute Gasteiger partial charge is 0.137 e. The summed E-state index contributed by atoms with van der Waals surface area (Å²) in [4.78, 5) is 9.05. The Hall–Kier alpha value is -1.61. The van der Waals surface area contributed by atoms with Crippen LogP contribution in [0.3, 0.4) is 0 Å². The van der Waals surface area contributed by atoms with E-state index in [0.717, 1.165) is 23.8 Å². The summed E-state index contributed by atoms with van der Waals surface area (Å²) in [7, 11) is 0. The standard InChI is InChI=1S/C17H20ClN3/c1-11(13-6-4-3-5-7-13)10-19-16-12(2)15(18)20-17(21-16)14-8-9-14/h3-7,11,14H,8-10H2,1-2H3,(H,19,20,21). The van der Waals surface area contributed by atoms with E-state index in [1.165, 1.54) is 18.4 Å². The molecule has 1 saturated carbocycles. The van der Waals surface area contributed by atoms with Crippen molar-refractivity contribution in [2.24, 2.45) is 0 Å². The summed E-state index contributed by atoms with van der Waals surface area (Å²) >= 11 is 6.23. The largest absolute Gasteiger partial charge is 0.369 e. The van der Waals surface area contributed by atoms with E-state index in [9.17, 15) is 0 Å². The molecule has 0 radical (unpaired) electrons. The van der Waals surface area contributed by atoms with Crippen LogP contribution >= 0.6 is 11.6 Å². The minimum atomic E-state index is 0.420. The van der Waals surface area contributed by atoms with Crippen LogP contribution in [0.15, 0.2) is 30.3 Å². The van der Waals surface area contributed by atoms with Crippen molar-refractivity contribution < 1.29 is 0 Å². The third-order valence-electron chi connectivity index (χ3n) is 3.99. The summed E-state index contributed by atoms with van der Waals surface area (Å²) in [6.45, 7) is 5.01. The second kappa shape index (κ2) is 6.02. The van der Waals surface area contributed by atoms with Crippen LogP contribution in [0.4, 0.5) is 5.82 Å². The highest BCUT2D eigenvalue weighted by Crippen LogP contribution is 2.39. The highest BCUT2D eigenvalue weighted by atomic mass is 35.5. The summed E-state index contributed by atoms with van der Waals surface area (Å²) in [5.74, 6) is 2.69. The van der Waals surface area contributed by atoms with Crippen LogP contribution in [-0.2, 0) is 0 Å². The third kappa shape index (κ3) is 3.35.